The highest BCUT2D eigenvalue weighted by Crippen LogP contribution is 2.32. The molecule has 2 atom stereocenters. The number of alkyl halides is 3. The Morgan fingerprint density at radius 2 is 1.96 bits per heavy atom. The van der Waals surface area contributed by atoms with Gasteiger partial charge in [-0.25, -0.2) is 0 Å². The van der Waals surface area contributed by atoms with Crippen molar-refractivity contribution in [1.29, 1.82) is 0 Å². The minimum Gasteiger partial charge on any atom is -0.353 e. The van der Waals surface area contributed by atoms with Crippen LogP contribution in [-0.2, 0) is 11.0 Å². The van der Waals surface area contributed by atoms with E-state index in [2.05, 4.69) is 10.6 Å². The van der Waals surface area contributed by atoms with Crippen LogP contribution in [0.2, 0.25) is 0 Å². The highest BCUT2D eigenvalue weighted by Gasteiger charge is 2.34. The first kappa shape index (κ1) is 16.6. The van der Waals surface area contributed by atoms with E-state index in [1.165, 1.54) is 6.07 Å². The first-order valence-corrected chi connectivity index (χ1v) is 8.74. The van der Waals surface area contributed by atoms with E-state index in [1.807, 2.05) is 0 Å². The van der Waals surface area contributed by atoms with Gasteiger partial charge < -0.3 is 10.6 Å². The molecule has 0 spiro atoms. The summed E-state index contributed by atoms with van der Waals surface area (Å²) in [5.41, 5.74) is -0.683. The van der Waals surface area contributed by atoms with Crippen LogP contribution in [-0.4, -0.2) is 29.8 Å². The van der Waals surface area contributed by atoms with Gasteiger partial charge >= 0.3 is 6.18 Å². The summed E-state index contributed by atoms with van der Waals surface area (Å²) >= 11 is 1.14. The van der Waals surface area contributed by atoms with Crippen molar-refractivity contribution in [3.8, 4) is 0 Å². The quantitative estimate of drug-likeness (QED) is 0.824. The SMILES string of the molecule is O=C(CSc1cccc(C(F)(F)F)c1)NC1CC2CCC(C1)N2. The number of halogens is 3. The molecular weight excluding hydrogens is 325 g/mol. The second kappa shape index (κ2) is 6.73. The maximum absolute atomic E-state index is 12.7. The molecule has 3 rings (SSSR count). The molecule has 2 bridgehead atoms. The van der Waals surface area contributed by atoms with E-state index in [-0.39, 0.29) is 17.7 Å². The fraction of sp³-hybridized carbons (Fsp3) is 0.562. The summed E-state index contributed by atoms with van der Waals surface area (Å²) in [7, 11) is 0. The molecule has 0 radical (unpaired) electrons. The Bertz CT molecular complexity index is 567. The molecule has 3 nitrogen and oxygen atoms in total. The molecule has 7 heteroatoms. The van der Waals surface area contributed by atoms with Gasteiger partial charge in [0.15, 0.2) is 0 Å². The van der Waals surface area contributed by atoms with Gasteiger partial charge in [-0.3, -0.25) is 4.79 Å². The summed E-state index contributed by atoms with van der Waals surface area (Å²) in [6.45, 7) is 0. The van der Waals surface area contributed by atoms with Gasteiger partial charge in [-0.05, 0) is 43.9 Å². The van der Waals surface area contributed by atoms with Crippen molar-refractivity contribution >= 4 is 17.7 Å². The third-order valence-electron chi connectivity index (χ3n) is 4.37. The Morgan fingerprint density at radius 1 is 1.26 bits per heavy atom. The molecule has 2 heterocycles. The summed E-state index contributed by atoms with van der Waals surface area (Å²) in [5, 5.41) is 6.52. The molecule has 2 fully saturated rings. The second-order valence-corrected chi connectivity index (χ2v) is 7.24. The average Bonchev–Trinajstić information content (AvgIpc) is 2.83. The van der Waals surface area contributed by atoms with E-state index >= 15 is 0 Å². The third kappa shape index (κ3) is 4.41. The highest BCUT2D eigenvalue weighted by atomic mass is 32.2. The van der Waals surface area contributed by atoms with Crippen molar-refractivity contribution in [1.82, 2.24) is 10.6 Å². The summed E-state index contributed by atoms with van der Waals surface area (Å²) in [5.74, 6) is 0.0272. The number of thioether (sulfide) groups is 1. The first-order chi connectivity index (χ1) is 10.9. The second-order valence-electron chi connectivity index (χ2n) is 6.19. The van der Waals surface area contributed by atoms with Gasteiger partial charge in [0, 0.05) is 23.0 Å². The Labute approximate surface area is 137 Å². The van der Waals surface area contributed by atoms with Gasteiger partial charge in [0.2, 0.25) is 5.91 Å². The van der Waals surface area contributed by atoms with Crippen molar-refractivity contribution < 1.29 is 18.0 Å². The van der Waals surface area contributed by atoms with Crippen LogP contribution in [0, 0.1) is 0 Å². The molecule has 1 aromatic carbocycles. The third-order valence-corrected chi connectivity index (χ3v) is 5.36. The molecule has 0 aromatic heterocycles. The smallest absolute Gasteiger partial charge is 0.353 e. The van der Waals surface area contributed by atoms with Crippen molar-refractivity contribution in [3.63, 3.8) is 0 Å². The molecule has 2 N–H and O–H groups in total. The summed E-state index contributed by atoms with van der Waals surface area (Å²) in [6.07, 6.45) is -0.147. The van der Waals surface area contributed by atoms with Crippen molar-refractivity contribution in [2.45, 2.75) is 54.9 Å². The number of rotatable bonds is 4. The van der Waals surface area contributed by atoms with Crippen LogP contribution < -0.4 is 10.6 Å². The average molecular weight is 344 g/mol. The number of piperidine rings is 1. The topological polar surface area (TPSA) is 41.1 Å². The summed E-state index contributed by atoms with van der Waals surface area (Å²) in [4.78, 5) is 12.5. The first-order valence-electron chi connectivity index (χ1n) is 7.75. The highest BCUT2D eigenvalue weighted by molar-refractivity contribution is 8.00. The van der Waals surface area contributed by atoms with E-state index in [9.17, 15) is 18.0 Å². The zero-order valence-corrected chi connectivity index (χ0v) is 13.3. The maximum Gasteiger partial charge on any atom is 0.416 e. The lowest BCUT2D eigenvalue weighted by Gasteiger charge is -2.29. The Hall–Kier alpha value is -1.21. The van der Waals surface area contributed by atoms with E-state index < -0.39 is 11.7 Å². The zero-order chi connectivity index (χ0) is 16.4. The number of fused-ring (bicyclic) bond motifs is 2. The monoisotopic (exact) mass is 344 g/mol. The number of amides is 1. The number of benzene rings is 1. The Balaban J connectivity index is 1.49. The van der Waals surface area contributed by atoms with E-state index in [4.69, 9.17) is 0 Å². The van der Waals surface area contributed by atoms with Gasteiger partial charge in [-0.1, -0.05) is 6.07 Å². The molecule has 1 amide bonds. The number of nitrogens with one attached hydrogen (secondary N) is 2. The molecule has 0 saturated carbocycles. The van der Waals surface area contributed by atoms with Crippen LogP contribution in [0.25, 0.3) is 0 Å². The van der Waals surface area contributed by atoms with Gasteiger partial charge in [0.25, 0.3) is 0 Å². The Morgan fingerprint density at radius 3 is 2.61 bits per heavy atom. The van der Waals surface area contributed by atoms with E-state index in [0.29, 0.717) is 17.0 Å². The minimum atomic E-state index is -4.35. The fourth-order valence-corrected chi connectivity index (χ4v) is 4.12. The molecule has 1 aromatic rings. The van der Waals surface area contributed by atoms with Crippen LogP contribution in [0.4, 0.5) is 13.2 Å². The molecule has 2 aliphatic rings. The molecular formula is C16H19F3N2OS. The van der Waals surface area contributed by atoms with Gasteiger partial charge in [-0.2, -0.15) is 13.2 Å². The van der Waals surface area contributed by atoms with E-state index in [1.54, 1.807) is 6.07 Å². The molecule has 2 unspecified atom stereocenters. The standard InChI is InChI=1S/C16H19F3N2OS/c17-16(18,19)10-2-1-3-14(6-10)23-9-15(22)21-13-7-11-4-5-12(8-13)20-11/h1-3,6,11-13,20H,4-5,7-9H2,(H,21,22). The predicted octanol–water partition coefficient (Wildman–Crippen LogP) is 3.20. The lowest BCUT2D eigenvalue weighted by molar-refractivity contribution is -0.137. The summed E-state index contributed by atoms with van der Waals surface area (Å²) < 4.78 is 38.0. The van der Waals surface area contributed by atoms with Gasteiger partial charge in [-0.15, -0.1) is 11.8 Å². The molecule has 0 aliphatic carbocycles. The van der Waals surface area contributed by atoms with Crippen LogP contribution in [0.1, 0.15) is 31.2 Å². The number of hydrogen-bond donors (Lipinski definition) is 2. The molecule has 2 saturated heterocycles. The van der Waals surface area contributed by atoms with Crippen molar-refractivity contribution in [2.75, 3.05) is 5.75 Å². The van der Waals surface area contributed by atoms with Crippen LogP contribution in [0.3, 0.4) is 0 Å². The van der Waals surface area contributed by atoms with Crippen LogP contribution in [0.5, 0.6) is 0 Å². The fourth-order valence-electron chi connectivity index (χ4n) is 3.36. The van der Waals surface area contributed by atoms with Crippen molar-refractivity contribution in [3.05, 3.63) is 29.8 Å². The molecule has 2 aliphatic heterocycles. The lowest BCUT2D eigenvalue weighted by Crippen LogP contribution is -2.48. The van der Waals surface area contributed by atoms with Gasteiger partial charge in [0.1, 0.15) is 0 Å². The molecule has 23 heavy (non-hydrogen) atoms. The zero-order valence-electron chi connectivity index (χ0n) is 12.5. The number of hydrogen-bond acceptors (Lipinski definition) is 3. The normalized spacial score (nSPS) is 27.0. The predicted molar refractivity (Wildman–Crippen MR) is 83.3 cm³/mol. The molecule has 126 valence electrons. The van der Waals surface area contributed by atoms with Gasteiger partial charge in [0.05, 0.1) is 11.3 Å². The number of carbonyl (C=O) groups excluding carboxylic acids is 1. The van der Waals surface area contributed by atoms with Crippen molar-refractivity contribution in [2.24, 2.45) is 0 Å². The van der Waals surface area contributed by atoms with Crippen LogP contribution >= 0.6 is 11.8 Å². The minimum absolute atomic E-state index is 0.112. The summed E-state index contributed by atoms with van der Waals surface area (Å²) in [6, 6.07) is 6.26. The van der Waals surface area contributed by atoms with E-state index in [0.717, 1.165) is 49.6 Å². The largest absolute Gasteiger partial charge is 0.416 e. The number of carbonyl (C=O) groups is 1. The lowest BCUT2D eigenvalue weighted by atomic mass is 10.00. The Kier molecular flexibility index (Phi) is 4.87. The maximum atomic E-state index is 12.7. The van der Waals surface area contributed by atoms with Crippen LogP contribution in [0.15, 0.2) is 29.2 Å².